The van der Waals surface area contributed by atoms with E-state index in [1.807, 2.05) is 30.3 Å². The van der Waals surface area contributed by atoms with E-state index in [0.29, 0.717) is 24.0 Å². The molecule has 1 saturated heterocycles. The van der Waals surface area contributed by atoms with E-state index in [9.17, 15) is 8.42 Å². The molecule has 1 aliphatic heterocycles. The normalized spacial score (nSPS) is 19.0. The smallest absolute Gasteiger partial charge is 0.243 e. The van der Waals surface area contributed by atoms with E-state index in [1.165, 1.54) is 4.90 Å². The summed E-state index contributed by atoms with van der Waals surface area (Å²) in [7, 11) is -3.39. The summed E-state index contributed by atoms with van der Waals surface area (Å²) in [5, 5.41) is 2.04. The van der Waals surface area contributed by atoms with Crippen LogP contribution in [0.3, 0.4) is 0 Å². The maximum Gasteiger partial charge on any atom is 0.243 e. The molecule has 1 N–H and O–H groups in total. The zero-order valence-electron chi connectivity index (χ0n) is 13.8. The quantitative estimate of drug-likeness (QED) is 0.922. The standard InChI is InChI=1S/C18H24N2O2S/c1-3-15(2)19-10-12-20(13-11-19)23(21,22)18-9-8-16-6-4-5-7-17(16)14-18/h4-9,14-15H,3,10-13H2,1-2H3/p+1. The minimum absolute atomic E-state index is 0.406. The van der Waals surface area contributed by atoms with Gasteiger partial charge in [-0.25, -0.2) is 8.42 Å². The zero-order valence-corrected chi connectivity index (χ0v) is 14.6. The molecule has 4 nitrogen and oxygen atoms in total. The monoisotopic (exact) mass is 333 g/mol. The van der Waals surface area contributed by atoms with Gasteiger partial charge in [-0.15, -0.1) is 0 Å². The summed E-state index contributed by atoms with van der Waals surface area (Å²) in [6, 6.07) is 13.9. The summed E-state index contributed by atoms with van der Waals surface area (Å²) in [6.45, 7) is 7.42. The summed E-state index contributed by atoms with van der Waals surface area (Å²) in [4.78, 5) is 1.92. The van der Waals surface area contributed by atoms with Crippen molar-refractivity contribution in [2.24, 2.45) is 0 Å². The molecule has 0 amide bonds. The molecule has 1 heterocycles. The fourth-order valence-corrected chi connectivity index (χ4v) is 4.75. The molecule has 1 unspecified atom stereocenters. The average molecular weight is 333 g/mol. The van der Waals surface area contributed by atoms with Crippen molar-refractivity contribution in [1.29, 1.82) is 0 Å². The molecule has 23 heavy (non-hydrogen) atoms. The van der Waals surface area contributed by atoms with Crippen molar-refractivity contribution in [1.82, 2.24) is 4.31 Å². The molecule has 1 atom stereocenters. The molecule has 3 rings (SSSR count). The van der Waals surface area contributed by atoms with Crippen molar-refractivity contribution in [3.8, 4) is 0 Å². The Morgan fingerprint density at radius 3 is 2.39 bits per heavy atom. The van der Waals surface area contributed by atoms with Gasteiger partial charge in [0.05, 0.1) is 37.1 Å². The van der Waals surface area contributed by atoms with Crippen LogP contribution in [0.25, 0.3) is 10.8 Å². The molecule has 0 aromatic heterocycles. The first-order valence-electron chi connectivity index (χ1n) is 8.36. The number of quaternary nitrogens is 1. The molecule has 1 fully saturated rings. The number of sulfonamides is 1. The highest BCUT2D eigenvalue weighted by Gasteiger charge is 2.31. The number of piperazine rings is 1. The Morgan fingerprint density at radius 2 is 1.74 bits per heavy atom. The van der Waals surface area contributed by atoms with Gasteiger partial charge in [0.15, 0.2) is 0 Å². The maximum absolute atomic E-state index is 12.9. The lowest BCUT2D eigenvalue weighted by Gasteiger charge is -2.34. The van der Waals surface area contributed by atoms with E-state index >= 15 is 0 Å². The molecule has 0 spiro atoms. The Balaban J connectivity index is 1.81. The van der Waals surface area contributed by atoms with Crippen molar-refractivity contribution in [2.45, 2.75) is 31.2 Å². The highest BCUT2D eigenvalue weighted by Crippen LogP contribution is 2.21. The number of rotatable bonds is 4. The van der Waals surface area contributed by atoms with Crippen LogP contribution in [-0.4, -0.2) is 44.9 Å². The molecule has 1 aliphatic rings. The Labute approximate surface area is 138 Å². The van der Waals surface area contributed by atoms with Crippen LogP contribution in [0.2, 0.25) is 0 Å². The Bertz CT molecular complexity index is 780. The van der Waals surface area contributed by atoms with Gasteiger partial charge in [0.2, 0.25) is 10.0 Å². The van der Waals surface area contributed by atoms with Crippen molar-refractivity contribution in [2.75, 3.05) is 26.2 Å². The fraction of sp³-hybridized carbons (Fsp3) is 0.444. The topological polar surface area (TPSA) is 41.8 Å². The molecule has 124 valence electrons. The Hall–Kier alpha value is -1.43. The van der Waals surface area contributed by atoms with Gasteiger partial charge in [-0.3, -0.25) is 0 Å². The number of nitrogens with zero attached hydrogens (tertiary/aromatic N) is 1. The lowest BCUT2D eigenvalue weighted by Crippen LogP contribution is -3.17. The SMILES string of the molecule is CCC(C)[NH+]1CCN(S(=O)(=O)c2ccc3ccccc3c2)CC1. The third kappa shape index (κ3) is 3.27. The number of hydrogen-bond acceptors (Lipinski definition) is 2. The Kier molecular flexibility index (Phi) is 4.71. The number of hydrogen-bond donors (Lipinski definition) is 1. The minimum Gasteiger partial charge on any atom is -0.331 e. The summed E-state index contributed by atoms with van der Waals surface area (Å²) in [5.41, 5.74) is 0. The largest absolute Gasteiger partial charge is 0.331 e. The van der Waals surface area contributed by atoms with E-state index in [-0.39, 0.29) is 0 Å². The fourth-order valence-electron chi connectivity index (χ4n) is 3.27. The minimum atomic E-state index is -3.39. The molecule has 2 aromatic rings. The number of fused-ring (bicyclic) bond motifs is 1. The first-order valence-corrected chi connectivity index (χ1v) is 9.80. The molecule has 0 aliphatic carbocycles. The van der Waals surface area contributed by atoms with Gasteiger partial charge in [0.25, 0.3) is 0 Å². The summed E-state index contributed by atoms with van der Waals surface area (Å²) in [5.74, 6) is 0. The first kappa shape index (κ1) is 16.4. The zero-order chi connectivity index (χ0) is 16.4. The van der Waals surface area contributed by atoms with Crippen molar-refractivity contribution >= 4 is 20.8 Å². The van der Waals surface area contributed by atoms with Crippen molar-refractivity contribution in [3.05, 3.63) is 42.5 Å². The predicted octanol–water partition coefficient (Wildman–Crippen LogP) is 1.53. The van der Waals surface area contributed by atoms with Gasteiger partial charge in [0.1, 0.15) is 0 Å². The van der Waals surface area contributed by atoms with E-state index in [1.54, 1.807) is 16.4 Å². The summed E-state index contributed by atoms with van der Waals surface area (Å²) >= 11 is 0. The van der Waals surface area contributed by atoms with Gasteiger partial charge in [-0.1, -0.05) is 37.3 Å². The van der Waals surface area contributed by atoms with Crippen molar-refractivity contribution in [3.63, 3.8) is 0 Å². The summed E-state index contributed by atoms with van der Waals surface area (Å²) in [6.07, 6.45) is 1.13. The van der Waals surface area contributed by atoms with E-state index in [0.717, 1.165) is 30.3 Å². The van der Waals surface area contributed by atoms with Crippen molar-refractivity contribution < 1.29 is 13.3 Å². The molecule has 2 aromatic carbocycles. The third-order valence-electron chi connectivity index (χ3n) is 5.03. The van der Waals surface area contributed by atoms with E-state index in [2.05, 4.69) is 13.8 Å². The molecular weight excluding hydrogens is 308 g/mol. The second-order valence-corrected chi connectivity index (χ2v) is 8.32. The van der Waals surface area contributed by atoms with Crippen LogP contribution in [0.15, 0.2) is 47.4 Å². The summed E-state index contributed by atoms with van der Waals surface area (Å²) < 4.78 is 27.4. The predicted molar refractivity (Wildman–Crippen MR) is 93.2 cm³/mol. The first-order chi connectivity index (χ1) is 11.0. The second kappa shape index (κ2) is 6.59. The molecule has 0 saturated carbocycles. The lowest BCUT2D eigenvalue weighted by atomic mass is 10.1. The number of benzene rings is 2. The Morgan fingerprint density at radius 1 is 1.09 bits per heavy atom. The van der Waals surface area contributed by atoms with Gasteiger partial charge >= 0.3 is 0 Å². The van der Waals surface area contributed by atoms with Gasteiger partial charge < -0.3 is 4.90 Å². The van der Waals surface area contributed by atoms with Gasteiger partial charge in [-0.2, -0.15) is 4.31 Å². The molecule has 0 bridgehead atoms. The van der Waals surface area contributed by atoms with Gasteiger partial charge in [0, 0.05) is 0 Å². The van der Waals surface area contributed by atoms with Gasteiger partial charge in [-0.05, 0) is 36.2 Å². The average Bonchev–Trinajstić information content (AvgIpc) is 2.60. The van der Waals surface area contributed by atoms with Crippen LogP contribution in [0, 0.1) is 0 Å². The van der Waals surface area contributed by atoms with E-state index < -0.39 is 10.0 Å². The molecule has 5 heteroatoms. The molecule has 0 radical (unpaired) electrons. The second-order valence-electron chi connectivity index (χ2n) is 6.38. The third-order valence-corrected chi connectivity index (χ3v) is 6.93. The van der Waals surface area contributed by atoms with Crippen LogP contribution in [0.4, 0.5) is 0 Å². The van der Waals surface area contributed by atoms with Crippen LogP contribution >= 0.6 is 0 Å². The lowest BCUT2D eigenvalue weighted by molar-refractivity contribution is -0.927. The van der Waals surface area contributed by atoms with Crippen LogP contribution in [-0.2, 0) is 10.0 Å². The molecular formula is C18H25N2O2S+. The maximum atomic E-state index is 12.9. The highest BCUT2D eigenvalue weighted by atomic mass is 32.2. The van der Waals surface area contributed by atoms with Crippen LogP contribution in [0.5, 0.6) is 0 Å². The highest BCUT2D eigenvalue weighted by molar-refractivity contribution is 7.89. The van der Waals surface area contributed by atoms with Crippen LogP contribution < -0.4 is 4.90 Å². The number of nitrogens with one attached hydrogen (secondary N) is 1. The van der Waals surface area contributed by atoms with Crippen LogP contribution in [0.1, 0.15) is 20.3 Å². The van der Waals surface area contributed by atoms with E-state index in [4.69, 9.17) is 0 Å².